The normalized spacial score (nSPS) is 15.3. The fraction of sp³-hybridized carbons (Fsp3) is 0.358. The monoisotopic (exact) mass is 1100 g/mol. The first-order chi connectivity index (χ1) is 35.9. The number of hydrogen-bond donors (Lipinski definition) is 5. The van der Waals surface area contributed by atoms with Crippen LogP contribution >= 0.6 is 23.2 Å². The van der Waals surface area contributed by atoms with E-state index < -0.39 is 47.3 Å². The van der Waals surface area contributed by atoms with Crippen molar-refractivity contribution in [3.8, 4) is 22.5 Å². The Morgan fingerprint density at radius 3 is 1.31 bits per heavy atom. The molecule has 0 aliphatic carbocycles. The molecule has 0 spiro atoms. The molecule has 4 amide bonds. The van der Waals surface area contributed by atoms with E-state index in [0.717, 1.165) is 30.4 Å². The molecule has 2 fully saturated rings. The molecule has 8 rings (SSSR count). The van der Waals surface area contributed by atoms with E-state index in [0.29, 0.717) is 81.4 Å². The van der Waals surface area contributed by atoms with Crippen LogP contribution in [0.15, 0.2) is 85.2 Å². The Hall–Kier alpha value is -7.48. The average molecular weight is 1100 g/mol. The number of imidazole rings is 2. The zero-order chi connectivity index (χ0) is 55.2. The molecule has 4 aromatic heterocycles. The van der Waals surface area contributed by atoms with Crippen molar-refractivity contribution >= 4 is 70.6 Å². The molecule has 2 aromatic carbocycles. The van der Waals surface area contributed by atoms with Gasteiger partial charge in [-0.1, -0.05) is 47.5 Å². The first kappa shape index (κ1) is 61.4. The number of aromatic carboxylic acids is 1. The second kappa shape index (κ2) is 25.8. The van der Waals surface area contributed by atoms with Gasteiger partial charge in [0.05, 0.1) is 22.1 Å². The largest absolute Gasteiger partial charge is 1.00 e. The first-order valence-electron chi connectivity index (χ1n) is 24.4. The summed E-state index contributed by atoms with van der Waals surface area (Å²) in [7, 11) is 0. The number of piperidine rings is 2. The van der Waals surface area contributed by atoms with E-state index >= 15 is 0 Å². The number of carbonyl (C=O) groups is 6. The molecule has 6 aromatic rings. The van der Waals surface area contributed by atoms with Gasteiger partial charge >= 0.3 is 37.0 Å². The van der Waals surface area contributed by atoms with Crippen molar-refractivity contribution in [2.45, 2.75) is 110 Å². The summed E-state index contributed by atoms with van der Waals surface area (Å²) in [6.07, 6.45) is 6.44. The van der Waals surface area contributed by atoms with Crippen LogP contribution in [0.2, 0.25) is 10.0 Å². The van der Waals surface area contributed by atoms with Crippen LogP contribution in [0.5, 0.6) is 0 Å². The van der Waals surface area contributed by atoms with Crippen LogP contribution < -0.4 is 41.2 Å². The van der Waals surface area contributed by atoms with E-state index in [1.54, 1.807) is 103 Å². The van der Waals surface area contributed by atoms with E-state index in [1.807, 2.05) is 20.8 Å². The van der Waals surface area contributed by atoms with Gasteiger partial charge in [0.25, 0.3) is 11.8 Å². The molecule has 0 bridgehead atoms. The maximum Gasteiger partial charge on any atom is 1.00 e. The maximum absolute atomic E-state index is 13.0. The second-order valence-corrected chi connectivity index (χ2v) is 21.0. The van der Waals surface area contributed by atoms with Crippen molar-refractivity contribution in [1.82, 2.24) is 39.1 Å². The molecule has 2 atom stereocenters. The standard InChI is InChI=1S/C27H31ClN6O4.C26H29ClN6O5.Li.H2O/c1-16(35)23-22(17-8-10-18(11-9-17)25(36)31-21-13-12-19(28)15-30-21)32-24(34(23)29)20-7-5-6-14-33(20)26(37)38-27(2,3)4;1-26(2,3)38-25(37)32-13-5-4-6-18(32)22-31-20(21(24(35)36)33(22)28)15-7-9-16(10-8-15)23(34)30-19-12-11-17(27)14-29-19;;/h8-13,15,20H,5-7,14,29H2,1-4H3,(H,30,31,36);7-12,14,18H,4-6,13,28H2,1-3H3,(H,35,36)(H,29,30,34);;1H2/q;;+1;/p-1/t20-;18-;;/m00../s1. The van der Waals surface area contributed by atoms with Crippen LogP contribution in [0.3, 0.4) is 0 Å². The molecule has 6 heterocycles. The number of carboxylic acids is 1. The molecule has 78 heavy (non-hydrogen) atoms. The number of Topliss-reactive ketones (excluding diaryl/α,β-unsaturated/α-hetero) is 1. The first-order valence-corrected chi connectivity index (χ1v) is 25.2. The van der Waals surface area contributed by atoms with Crippen LogP contribution in [-0.2, 0) is 9.47 Å². The molecule has 0 unspecified atom stereocenters. The van der Waals surface area contributed by atoms with Crippen LogP contribution in [0.4, 0.5) is 21.2 Å². The summed E-state index contributed by atoms with van der Waals surface area (Å²) < 4.78 is 13.5. The molecule has 22 nitrogen and oxygen atoms in total. The van der Waals surface area contributed by atoms with Gasteiger partial charge in [0.15, 0.2) is 23.1 Å². The average Bonchev–Trinajstić information content (AvgIpc) is 3.98. The number of ether oxygens (including phenoxy) is 2. The van der Waals surface area contributed by atoms with Crippen molar-refractivity contribution in [2.24, 2.45) is 0 Å². The van der Waals surface area contributed by atoms with E-state index in [9.17, 15) is 33.9 Å². The minimum atomic E-state index is -1.27. The number of anilines is 2. The number of rotatable bonds is 10. The predicted octanol–water partition coefficient (Wildman–Crippen LogP) is 6.78. The van der Waals surface area contributed by atoms with Crippen LogP contribution in [0.1, 0.15) is 152 Å². The van der Waals surface area contributed by atoms with Gasteiger partial charge < -0.3 is 42.4 Å². The Bertz CT molecular complexity index is 2910. The summed E-state index contributed by atoms with van der Waals surface area (Å²) in [5.74, 6) is 11.7. The molecule has 0 saturated carbocycles. The van der Waals surface area contributed by atoms with Gasteiger partial charge in [-0.3, -0.25) is 24.2 Å². The third-order valence-corrected chi connectivity index (χ3v) is 12.5. The number of aromatic nitrogens is 6. The number of halogens is 2. The topological polar surface area (TPSA) is 315 Å². The van der Waals surface area contributed by atoms with Crippen molar-refractivity contribution in [1.29, 1.82) is 0 Å². The molecule has 408 valence electrons. The Morgan fingerprint density at radius 1 is 0.603 bits per heavy atom. The zero-order valence-electron chi connectivity index (χ0n) is 44.5. The number of amides is 4. The van der Waals surface area contributed by atoms with Crippen molar-refractivity contribution < 1.29 is 67.7 Å². The number of benzene rings is 2. The summed E-state index contributed by atoms with van der Waals surface area (Å²) in [5.41, 5.74) is 0.970. The number of carboxylic acid groups (broad SMARTS) is 1. The molecule has 2 saturated heterocycles. The number of ketones is 1. The zero-order valence-corrected chi connectivity index (χ0v) is 46.1. The molecule has 2 aliphatic heterocycles. The minimum Gasteiger partial charge on any atom is -0.870 e. The van der Waals surface area contributed by atoms with Crippen LogP contribution in [0.25, 0.3) is 22.5 Å². The molecule has 0 radical (unpaired) electrons. The fourth-order valence-electron chi connectivity index (χ4n) is 8.63. The Morgan fingerprint density at radius 2 is 0.974 bits per heavy atom. The Labute approximate surface area is 472 Å². The number of likely N-dealkylation sites (tertiary alicyclic amines) is 2. The summed E-state index contributed by atoms with van der Waals surface area (Å²) in [6, 6.07) is 18.4. The smallest absolute Gasteiger partial charge is 0.870 e. The van der Waals surface area contributed by atoms with Gasteiger partial charge in [0.2, 0.25) is 0 Å². The molecule has 2 aliphatic rings. The van der Waals surface area contributed by atoms with Gasteiger partial charge in [-0.05, 0) is 129 Å². The second-order valence-electron chi connectivity index (χ2n) is 20.1. The number of nitrogens with two attached hydrogens (primary N) is 2. The number of pyridine rings is 2. The number of hydrogen-bond acceptors (Lipinski definition) is 15. The Balaban J connectivity index is 0.000000280. The molecule has 25 heteroatoms. The van der Waals surface area contributed by atoms with Gasteiger partial charge in [-0.15, -0.1) is 0 Å². The Kier molecular flexibility index (Phi) is 20.3. The van der Waals surface area contributed by atoms with E-state index in [4.69, 9.17) is 49.3 Å². The molecular weight excluding hydrogens is 1040 g/mol. The van der Waals surface area contributed by atoms with Gasteiger partial charge in [0, 0.05) is 54.7 Å². The van der Waals surface area contributed by atoms with Crippen molar-refractivity contribution in [3.63, 3.8) is 0 Å². The van der Waals surface area contributed by atoms with Gasteiger partial charge in [0.1, 0.15) is 39.9 Å². The SMILES string of the molecule is CC(=O)c1c(-c2ccc(C(=O)Nc3ccc(Cl)cn3)cc2)nc([C@@H]2CCCCN2C(=O)OC(C)(C)C)n1N.CC(C)(C)OC(=O)N1CCCC[C@H]1c1nc(-c2ccc(C(=O)Nc3ccc(Cl)cn3)cc2)c(C(=O)O)n1N.[Li+].[OH-]. The summed E-state index contributed by atoms with van der Waals surface area (Å²) in [5, 5.41) is 16.2. The van der Waals surface area contributed by atoms with E-state index in [1.165, 1.54) is 24.0 Å². The predicted molar refractivity (Wildman–Crippen MR) is 288 cm³/mol. The van der Waals surface area contributed by atoms with Crippen molar-refractivity contribution in [3.05, 3.63) is 129 Å². The number of carbonyl (C=O) groups excluding carboxylic acids is 5. The van der Waals surface area contributed by atoms with Crippen LogP contribution in [0, 0.1) is 0 Å². The number of nitrogen functional groups attached to an aromatic ring is 2. The number of nitrogens with zero attached hydrogens (tertiary/aromatic N) is 8. The summed E-state index contributed by atoms with van der Waals surface area (Å²) >= 11 is 11.7. The van der Waals surface area contributed by atoms with Gasteiger partial charge in [-0.25, -0.2) is 43.7 Å². The summed E-state index contributed by atoms with van der Waals surface area (Å²) in [4.78, 5) is 96.6. The van der Waals surface area contributed by atoms with E-state index in [2.05, 4.69) is 25.6 Å². The third kappa shape index (κ3) is 15.0. The molecular formula is C53H61Cl2LiN12O10. The summed E-state index contributed by atoms with van der Waals surface area (Å²) in [6.45, 7) is 13.2. The maximum atomic E-state index is 13.0. The minimum absolute atomic E-state index is 0. The fourth-order valence-corrected chi connectivity index (χ4v) is 8.85. The number of nitrogens with one attached hydrogen (secondary N) is 2. The third-order valence-electron chi connectivity index (χ3n) is 12.0. The van der Waals surface area contributed by atoms with Crippen LogP contribution in [-0.4, -0.2) is 110 Å². The molecule has 8 N–H and O–H groups in total. The van der Waals surface area contributed by atoms with Gasteiger partial charge in [-0.2, -0.15) is 0 Å². The van der Waals surface area contributed by atoms with Crippen molar-refractivity contribution in [2.75, 3.05) is 35.4 Å². The van der Waals surface area contributed by atoms with E-state index in [-0.39, 0.29) is 58.9 Å². The quantitative estimate of drug-likeness (QED) is 0.0536.